The van der Waals surface area contributed by atoms with E-state index in [-0.39, 0.29) is 0 Å². The molecule has 0 nitrogen and oxygen atoms in total. The molecule has 0 aromatic rings. The van der Waals surface area contributed by atoms with Crippen molar-refractivity contribution in [3.8, 4) is 0 Å². The smallest absolute Gasteiger partial charge is 0.00894 e. The van der Waals surface area contributed by atoms with Crippen molar-refractivity contribution in [1.29, 1.82) is 0 Å². The Morgan fingerprint density at radius 1 is 1.71 bits per heavy atom. The third-order valence-electron chi connectivity index (χ3n) is 0.952. The second kappa shape index (κ2) is 1.81. The number of allylic oxidation sites excluding steroid dienone is 3. The second-order valence-corrected chi connectivity index (χ2v) is 1.67. The van der Waals surface area contributed by atoms with Crippen LogP contribution in [0.1, 0.15) is 13.3 Å². The summed E-state index contributed by atoms with van der Waals surface area (Å²) in [7, 11) is 0. The molecule has 1 aliphatic rings. The van der Waals surface area contributed by atoms with Gasteiger partial charge < -0.3 is 0 Å². The lowest BCUT2D eigenvalue weighted by Crippen LogP contribution is -1.68. The number of rotatable bonds is 0. The number of hydrogen-bond donors (Lipinski definition) is 0. The Bertz CT molecular complexity index is 143. The van der Waals surface area contributed by atoms with E-state index in [0.29, 0.717) is 0 Å². The molecule has 0 aliphatic heterocycles. The maximum Gasteiger partial charge on any atom is -0.00894 e. The standard InChI is InChI=1S/C7H8/c1-7-5-3-2-4-6-7/h3-5H,2H2,1H3. The maximum absolute atomic E-state index is 3.09. The minimum atomic E-state index is 1.05. The molecule has 1 rings (SSSR count). The Kier molecular flexibility index (Phi) is 1.14. The summed E-state index contributed by atoms with van der Waals surface area (Å²) in [6.45, 7) is 2.05. The maximum atomic E-state index is 3.09. The predicted octanol–water partition coefficient (Wildman–Crippen LogP) is 2.05. The molecule has 36 valence electrons. The van der Waals surface area contributed by atoms with E-state index in [1.54, 1.807) is 0 Å². The van der Waals surface area contributed by atoms with Crippen LogP contribution in [0.3, 0.4) is 0 Å². The minimum Gasteiger partial charge on any atom is -0.122 e. The molecule has 0 aromatic heterocycles. The van der Waals surface area contributed by atoms with Gasteiger partial charge in [0.2, 0.25) is 0 Å². The summed E-state index contributed by atoms with van der Waals surface area (Å²) in [4.78, 5) is 0. The van der Waals surface area contributed by atoms with E-state index in [9.17, 15) is 0 Å². The first kappa shape index (κ1) is 4.42. The van der Waals surface area contributed by atoms with Gasteiger partial charge in [0.25, 0.3) is 0 Å². The summed E-state index contributed by atoms with van der Waals surface area (Å²) in [5.74, 6) is 0. The summed E-state index contributed by atoms with van der Waals surface area (Å²) in [6.07, 6.45) is 7.30. The fourth-order valence-electron chi connectivity index (χ4n) is 0.581. The van der Waals surface area contributed by atoms with Crippen LogP contribution in [0.2, 0.25) is 0 Å². The molecule has 0 heteroatoms. The van der Waals surface area contributed by atoms with Crippen LogP contribution >= 0.6 is 0 Å². The molecule has 0 unspecified atom stereocenters. The first-order valence-electron chi connectivity index (χ1n) is 2.48. The Labute approximate surface area is 43.9 Å². The zero-order valence-corrected chi connectivity index (χ0v) is 4.44. The summed E-state index contributed by atoms with van der Waals surface area (Å²) in [5, 5.41) is 0. The highest BCUT2D eigenvalue weighted by Gasteiger charge is 1.79. The third-order valence-corrected chi connectivity index (χ3v) is 0.952. The summed E-state index contributed by atoms with van der Waals surface area (Å²) in [6, 6.07) is 0. The monoisotopic (exact) mass is 92.1 g/mol. The van der Waals surface area contributed by atoms with Crippen molar-refractivity contribution in [3.63, 3.8) is 0 Å². The summed E-state index contributed by atoms with van der Waals surface area (Å²) in [5.41, 5.74) is 4.31. The fourth-order valence-corrected chi connectivity index (χ4v) is 0.581. The molecule has 0 aromatic carbocycles. The van der Waals surface area contributed by atoms with E-state index in [1.165, 1.54) is 5.57 Å². The van der Waals surface area contributed by atoms with Crippen LogP contribution in [-0.4, -0.2) is 0 Å². The van der Waals surface area contributed by atoms with E-state index < -0.39 is 0 Å². The lowest BCUT2D eigenvalue weighted by Gasteiger charge is -1.88. The lowest BCUT2D eigenvalue weighted by atomic mass is 10.2. The van der Waals surface area contributed by atoms with Crippen LogP contribution in [0, 0.1) is 0 Å². The minimum absolute atomic E-state index is 1.05. The van der Waals surface area contributed by atoms with E-state index >= 15 is 0 Å². The molecular formula is C7H8. The SMILES string of the molecule is CC1=C=CCC=C1. The third kappa shape index (κ3) is 1.06. The van der Waals surface area contributed by atoms with Gasteiger partial charge in [-0.3, -0.25) is 0 Å². The van der Waals surface area contributed by atoms with Crippen LogP contribution in [0.4, 0.5) is 0 Å². The van der Waals surface area contributed by atoms with Gasteiger partial charge in [-0.1, -0.05) is 12.2 Å². The fraction of sp³-hybridized carbons (Fsp3) is 0.286. The zero-order valence-electron chi connectivity index (χ0n) is 4.44. The quantitative estimate of drug-likeness (QED) is 0.401. The van der Waals surface area contributed by atoms with Gasteiger partial charge in [-0.25, -0.2) is 0 Å². The van der Waals surface area contributed by atoms with Gasteiger partial charge in [0, 0.05) is 0 Å². The normalized spacial score (nSPS) is 17.0. The Balaban J connectivity index is 2.89. The highest BCUT2D eigenvalue weighted by atomic mass is 13.8. The van der Waals surface area contributed by atoms with Crippen molar-refractivity contribution >= 4 is 0 Å². The zero-order chi connectivity index (χ0) is 5.11. The average Bonchev–Trinajstić information content (AvgIpc) is 1.69. The van der Waals surface area contributed by atoms with E-state index in [1.807, 2.05) is 13.0 Å². The van der Waals surface area contributed by atoms with Crippen LogP contribution in [-0.2, 0) is 0 Å². The van der Waals surface area contributed by atoms with Crippen molar-refractivity contribution < 1.29 is 0 Å². The molecule has 0 amide bonds. The molecule has 0 heterocycles. The predicted molar refractivity (Wildman–Crippen MR) is 31.0 cm³/mol. The Morgan fingerprint density at radius 3 is 2.86 bits per heavy atom. The van der Waals surface area contributed by atoms with Crippen molar-refractivity contribution in [1.82, 2.24) is 0 Å². The van der Waals surface area contributed by atoms with Gasteiger partial charge in [0.1, 0.15) is 0 Å². The lowest BCUT2D eigenvalue weighted by molar-refractivity contribution is 1.33. The topological polar surface area (TPSA) is 0 Å². The molecule has 0 radical (unpaired) electrons. The van der Waals surface area contributed by atoms with E-state index in [2.05, 4.69) is 17.9 Å². The molecule has 0 saturated heterocycles. The van der Waals surface area contributed by atoms with Gasteiger partial charge in [-0.2, -0.15) is 0 Å². The first-order chi connectivity index (χ1) is 3.39. The largest absolute Gasteiger partial charge is 0.122 e. The van der Waals surface area contributed by atoms with Gasteiger partial charge in [0.05, 0.1) is 0 Å². The van der Waals surface area contributed by atoms with Crippen LogP contribution < -0.4 is 0 Å². The average molecular weight is 92.1 g/mol. The van der Waals surface area contributed by atoms with Crippen molar-refractivity contribution in [2.24, 2.45) is 0 Å². The Hall–Kier alpha value is -0.740. The van der Waals surface area contributed by atoms with Crippen LogP contribution in [0.5, 0.6) is 0 Å². The van der Waals surface area contributed by atoms with E-state index in [4.69, 9.17) is 0 Å². The number of hydrogen-bond acceptors (Lipinski definition) is 0. The molecule has 1 aliphatic carbocycles. The van der Waals surface area contributed by atoms with Crippen LogP contribution in [0.25, 0.3) is 0 Å². The molecule has 0 spiro atoms. The van der Waals surface area contributed by atoms with Crippen LogP contribution in [0.15, 0.2) is 29.5 Å². The summed E-state index contributed by atoms with van der Waals surface area (Å²) >= 11 is 0. The van der Waals surface area contributed by atoms with E-state index in [0.717, 1.165) is 6.42 Å². The molecule has 0 bridgehead atoms. The highest BCUT2D eigenvalue weighted by molar-refractivity contribution is 5.19. The molecule has 0 N–H and O–H groups in total. The Morgan fingerprint density at radius 2 is 2.57 bits per heavy atom. The second-order valence-electron chi connectivity index (χ2n) is 1.67. The molecular weight excluding hydrogens is 84.1 g/mol. The highest BCUT2D eigenvalue weighted by Crippen LogP contribution is 1.99. The molecule has 7 heavy (non-hydrogen) atoms. The van der Waals surface area contributed by atoms with Gasteiger partial charge in [-0.15, -0.1) is 5.73 Å². The van der Waals surface area contributed by atoms with Crippen molar-refractivity contribution in [3.05, 3.63) is 29.5 Å². The van der Waals surface area contributed by atoms with Gasteiger partial charge in [-0.05, 0) is 25.0 Å². The van der Waals surface area contributed by atoms with Gasteiger partial charge >= 0.3 is 0 Å². The first-order valence-corrected chi connectivity index (χ1v) is 2.48. The van der Waals surface area contributed by atoms with Crippen molar-refractivity contribution in [2.45, 2.75) is 13.3 Å². The molecule has 0 fully saturated rings. The molecule has 0 saturated carbocycles. The molecule has 0 atom stereocenters. The van der Waals surface area contributed by atoms with Crippen molar-refractivity contribution in [2.75, 3.05) is 0 Å². The summed E-state index contributed by atoms with van der Waals surface area (Å²) < 4.78 is 0. The van der Waals surface area contributed by atoms with Gasteiger partial charge in [0.15, 0.2) is 0 Å².